The van der Waals surface area contributed by atoms with Crippen molar-refractivity contribution in [1.29, 1.82) is 0 Å². The number of nitrogens with one attached hydrogen (secondary N) is 1. The van der Waals surface area contributed by atoms with Crippen molar-refractivity contribution in [2.45, 2.75) is 32.3 Å². The lowest BCUT2D eigenvalue weighted by Crippen LogP contribution is -2.34. The largest absolute Gasteiger partial charge is 0.488 e. The van der Waals surface area contributed by atoms with Crippen molar-refractivity contribution >= 4 is 10.9 Å². The van der Waals surface area contributed by atoms with Crippen LogP contribution >= 0.6 is 0 Å². The number of aryl methyl sites for hydroxylation is 1. The molecule has 0 atom stereocenters. The summed E-state index contributed by atoms with van der Waals surface area (Å²) in [5.74, 6) is 0.946. The van der Waals surface area contributed by atoms with E-state index in [1.165, 1.54) is 10.9 Å². The predicted octanol–water partition coefficient (Wildman–Crippen LogP) is 2.93. The first kappa shape index (κ1) is 12.4. The molecule has 1 aliphatic rings. The summed E-state index contributed by atoms with van der Waals surface area (Å²) < 4.78 is 6.21. The van der Waals surface area contributed by atoms with Crippen LogP contribution in [0.25, 0.3) is 10.9 Å². The number of ether oxygens (including phenoxy) is 1. The van der Waals surface area contributed by atoms with Gasteiger partial charge in [-0.25, -0.2) is 0 Å². The van der Waals surface area contributed by atoms with Crippen molar-refractivity contribution in [2.75, 3.05) is 13.1 Å². The van der Waals surface area contributed by atoms with Crippen LogP contribution in [0.3, 0.4) is 0 Å². The molecule has 0 spiro atoms. The molecule has 0 unspecified atom stereocenters. The van der Waals surface area contributed by atoms with Gasteiger partial charge in [-0.05, 0) is 56.1 Å². The third-order valence-electron chi connectivity index (χ3n) is 3.72. The molecule has 1 N–H and O–H groups in total. The maximum atomic E-state index is 6.21. The van der Waals surface area contributed by atoms with Gasteiger partial charge in [-0.15, -0.1) is 0 Å². The van der Waals surface area contributed by atoms with Crippen molar-refractivity contribution in [1.82, 2.24) is 10.3 Å². The molecule has 1 aliphatic heterocycles. The number of rotatable bonds is 3. The van der Waals surface area contributed by atoms with Crippen molar-refractivity contribution in [2.24, 2.45) is 0 Å². The quantitative estimate of drug-likeness (QED) is 0.917. The Bertz CT molecular complexity index is 562. The van der Waals surface area contributed by atoms with Gasteiger partial charge in [-0.1, -0.05) is 13.0 Å². The van der Waals surface area contributed by atoms with Crippen LogP contribution in [0.15, 0.2) is 30.5 Å². The molecule has 2 heterocycles. The topological polar surface area (TPSA) is 34.1 Å². The molecular weight excluding hydrogens is 236 g/mol. The van der Waals surface area contributed by atoms with Crippen molar-refractivity contribution < 1.29 is 4.74 Å². The fraction of sp³-hybridized carbons (Fsp3) is 0.438. The lowest BCUT2D eigenvalue weighted by Gasteiger charge is -2.24. The van der Waals surface area contributed by atoms with Crippen molar-refractivity contribution in [3.63, 3.8) is 0 Å². The van der Waals surface area contributed by atoms with Gasteiger partial charge in [0.25, 0.3) is 0 Å². The van der Waals surface area contributed by atoms with Crippen LogP contribution in [0, 0.1) is 0 Å². The molecule has 3 rings (SSSR count). The second-order valence-corrected chi connectivity index (χ2v) is 5.09. The van der Waals surface area contributed by atoms with Crippen LogP contribution in [-0.2, 0) is 6.42 Å². The predicted molar refractivity (Wildman–Crippen MR) is 77.6 cm³/mol. The van der Waals surface area contributed by atoms with Gasteiger partial charge in [-0.2, -0.15) is 0 Å². The van der Waals surface area contributed by atoms with Gasteiger partial charge in [-0.3, -0.25) is 4.98 Å². The average Bonchev–Trinajstić information content (AvgIpc) is 2.48. The molecule has 0 amide bonds. The minimum absolute atomic E-state index is 0.318. The minimum Gasteiger partial charge on any atom is -0.488 e. The second-order valence-electron chi connectivity index (χ2n) is 5.09. The molecule has 1 aromatic carbocycles. The highest BCUT2D eigenvalue weighted by Crippen LogP contribution is 2.28. The molecule has 3 heteroatoms. The van der Waals surface area contributed by atoms with Crippen molar-refractivity contribution in [3.8, 4) is 5.75 Å². The van der Waals surface area contributed by atoms with Crippen LogP contribution in [0.1, 0.15) is 25.3 Å². The summed E-state index contributed by atoms with van der Waals surface area (Å²) in [5.41, 5.74) is 2.29. The van der Waals surface area contributed by atoms with E-state index < -0.39 is 0 Å². The summed E-state index contributed by atoms with van der Waals surface area (Å²) in [6, 6.07) is 8.45. The van der Waals surface area contributed by atoms with E-state index in [-0.39, 0.29) is 0 Å². The Labute approximate surface area is 114 Å². The molecule has 0 radical (unpaired) electrons. The first-order valence-electron chi connectivity index (χ1n) is 7.12. The highest BCUT2D eigenvalue weighted by molar-refractivity contribution is 5.85. The van der Waals surface area contributed by atoms with E-state index in [4.69, 9.17) is 4.74 Å². The Morgan fingerprint density at radius 1 is 1.32 bits per heavy atom. The van der Waals surface area contributed by atoms with Crippen LogP contribution in [-0.4, -0.2) is 24.2 Å². The first-order valence-corrected chi connectivity index (χ1v) is 7.12. The van der Waals surface area contributed by atoms with Gasteiger partial charge < -0.3 is 10.1 Å². The Morgan fingerprint density at radius 3 is 2.95 bits per heavy atom. The Morgan fingerprint density at radius 2 is 2.16 bits per heavy atom. The monoisotopic (exact) mass is 256 g/mol. The number of aromatic nitrogens is 1. The molecule has 1 fully saturated rings. The molecule has 19 heavy (non-hydrogen) atoms. The third-order valence-corrected chi connectivity index (χ3v) is 3.72. The van der Waals surface area contributed by atoms with E-state index in [2.05, 4.69) is 35.4 Å². The zero-order valence-electron chi connectivity index (χ0n) is 11.4. The zero-order valence-corrected chi connectivity index (χ0v) is 11.4. The fourth-order valence-electron chi connectivity index (χ4n) is 2.61. The number of piperidine rings is 1. The summed E-state index contributed by atoms with van der Waals surface area (Å²) in [6.07, 6.45) is 5.32. The lowest BCUT2D eigenvalue weighted by atomic mass is 10.1. The molecule has 0 saturated carbocycles. The van der Waals surface area contributed by atoms with Crippen LogP contribution in [0.5, 0.6) is 5.75 Å². The number of benzene rings is 1. The van der Waals surface area contributed by atoms with Crippen LogP contribution < -0.4 is 10.1 Å². The number of pyridine rings is 1. The first-order chi connectivity index (χ1) is 9.36. The lowest BCUT2D eigenvalue weighted by molar-refractivity contribution is 0.164. The Hall–Kier alpha value is -1.61. The van der Waals surface area contributed by atoms with Crippen LogP contribution in [0.2, 0.25) is 0 Å². The maximum absolute atomic E-state index is 6.21. The van der Waals surface area contributed by atoms with E-state index >= 15 is 0 Å². The van der Waals surface area contributed by atoms with E-state index in [0.29, 0.717) is 6.10 Å². The molecule has 1 saturated heterocycles. The van der Waals surface area contributed by atoms with E-state index in [0.717, 1.165) is 43.6 Å². The van der Waals surface area contributed by atoms with E-state index in [1.807, 2.05) is 12.3 Å². The van der Waals surface area contributed by atoms with E-state index in [1.54, 1.807) is 0 Å². The van der Waals surface area contributed by atoms with Gasteiger partial charge in [0.15, 0.2) is 0 Å². The number of hydrogen-bond acceptors (Lipinski definition) is 3. The maximum Gasteiger partial charge on any atom is 0.146 e. The fourth-order valence-corrected chi connectivity index (χ4v) is 2.61. The summed E-state index contributed by atoms with van der Waals surface area (Å²) in [5, 5.41) is 4.54. The molecule has 0 bridgehead atoms. The smallest absolute Gasteiger partial charge is 0.146 e. The summed E-state index contributed by atoms with van der Waals surface area (Å²) in [4.78, 5) is 4.48. The van der Waals surface area contributed by atoms with Gasteiger partial charge in [0.1, 0.15) is 17.4 Å². The minimum atomic E-state index is 0.318. The third kappa shape index (κ3) is 2.71. The molecule has 0 aliphatic carbocycles. The SMILES string of the molecule is CCc1cc(OC2CCNCC2)c2ncccc2c1. The number of nitrogens with zero attached hydrogens (tertiary/aromatic N) is 1. The number of hydrogen-bond donors (Lipinski definition) is 1. The highest BCUT2D eigenvalue weighted by Gasteiger charge is 2.16. The standard InChI is InChI=1S/C16H20N2O/c1-2-12-10-13-4-3-7-18-16(13)15(11-12)19-14-5-8-17-9-6-14/h3-4,7,10-11,14,17H,2,5-6,8-9H2,1H3. The number of fused-ring (bicyclic) bond motifs is 1. The van der Waals surface area contributed by atoms with Crippen molar-refractivity contribution in [3.05, 3.63) is 36.0 Å². The second kappa shape index (κ2) is 5.57. The van der Waals surface area contributed by atoms with Gasteiger partial charge in [0, 0.05) is 11.6 Å². The van der Waals surface area contributed by atoms with Gasteiger partial charge >= 0.3 is 0 Å². The summed E-state index contributed by atoms with van der Waals surface area (Å²) in [6.45, 7) is 4.26. The highest BCUT2D eigenvalue weighted by atomic mass is 16.5. The average molecular weight is 256 g/mol. The molecule has 1 aromatic heterocycles. The van der Waals surface area contributed by atoms with Gasteiger partial charge in [0.05, 0.1) is 0 Å². The molecule has 100 valence electrons. The molecule has 3 nitrogen and oxygen atoms in total. The Balaban J connectivity index is 1.95. The van der Waals surface area contributed by atoms with Gasteiger partial charge in [0.2, 0.25) is 0 Å². The molecular formula is C16H20N2O. The van der Waals surface area contributed by atoms with E-state index in [9.17, 15) is 0 Å². The summed E-state index contributed by atoms with van der Waals surface area (Å²) >= 11 is 0. The summed E-state index contributed by atoms with van der Waals surface area (Å²) in [7, 11) is 0. The normalized spacial score (nSPS) is 16.7. The Kier molecular flexibility index (Phi) is 3.65. The molecule has 2 aromatic rings. The van der Waals surface area contributed by atoms with Crippen LogP contribution in [0.4, 0.5) is 0 Å². The zero-order chi connectivity index (χ0) is 13.1.